The van der Waals surface area contributed by atoms with Gasteiger partial charge in [0.1, 0.15) is 6.29 Å². The summed E-state index contributed by atoms with van der Waals surface area (Å²) in [6, 6.07) is 5.26. The van der Waals surface area contributed by atoms with E-state index in [1.54, 1.807) is 18.2 Å². The molecule has 100 valence electrons. The first-order valence-electron chi connectivity index (χ1n) is 6.16. The zero-order valence-corrected chi connectivity index (χ0v) is 10.6. The third-order valence-electron chi connectivity index (χ3n) is 3.28. The Balaban J connectivity index is 2.05. The molecule has 0 bridgehead atoms. The van der Waals surface area contributed by atoms with Gasteiger partial charge in [0.05, 0.1) is 0 Å². The lowest BCUT2D eigenvalue weighted by molar-refractivity contribution is -0.121. The number of aldehydes is 1. The molecular weight excluding hydrogens is 242 g/mol. The van der Waals surface area contributed by atoms with Crippen molar-refractivity contribution in [2.24, 2.45) is 0 Å². The van der Waals surface area contributed by atoms with Crippen molar-refractivity contribution in [1.29, 1.82) is 0 Å². The average Bonchev–Trinajstić information content (AvgIpc) is 2.39. The molecule has 5 nitrogen and oxygen atoms in total. The van der Waals surface area contributed by atoms with Crippen molar-refractivity contribution in [1.82, 2.24) is 10.6 Å². The van der Waals surface area contributed by atoms with E-state index in [1.807, 2.05) is 0 Å². The Labute approximate surface area is 111 Å². The minimum atomic E-state index is -0.00384. The van der Waals surface area contributed by atoms with Crippen molar-refractivity contribution in [2.75, 3.05) is 5.73 Å². The molecule has 1 amide bonds. The van der Waals surface area contributed by atoms with Crippen LogP contribution in [0.1, 0.15) is 28.8 Å². The van der Waals surface area contributed by atoms with E-state index in [-0.39, 0.29) is 11.9 Å². The van der Waals surface area contributed by atoms with Crippen molar-refractivity contribution in [3.63, 3.8) is 0 Å². The van der Waals surface area contributed by atoms with Gasteiger partial charge in [-0.3, -0.25) is 9.59 Å². The molecule has 1 aliphatic rings. The molecule has 1 aromatic carbocycles. The van der Waals surface area contributed by atoms with Gasteiger partial charge in [0.25, 0.3) is 0 Å². The largest absolute Gasteiger partial charge is 0.398 e. The predicted octanol–water partition coefficient (Wildman–Crippen LogP) is 0.963. The normalized spacial score (nSPS) is 19.1. The molecule has 1 atom stereocenters. The van der Waals surface area contributed by atoms with E-state index in [2.05, 4.69) is 17.2 Å². The van der Waals surface area contributed by atoms with E-state index in [0.29, 0.717) is 36.3 Å². The minimum absolute atomic E-state index is 0.00384. The molecule has 4 N–H and O–H groups in total. The molecule has 1 fully saturated rings. The number of carbonyl (C=O) groups excluding carboxylic acids is 2. The van der Waals surface area contributed by atoms with Gasteiger partial charge in [-0.2, -0.15) is 0 Å². The maximum absolute atomic E-state index is 11.2. The van der Waals surface area contributed by atoms with Crippen LogP contribution in [-0.4, -0.2) is 18.2 Å². The molecular formula is C14H17N3O2. The number of hydrogen-bond donors (Lipinski definition) is 3. The van der Waals surface area contributed by atoms with E-state index in [1.165, 1.54) is 0 Å². The number of carbonyl (C=O) groups is 2. The van der Waals surface area contributed by atoms with Gasteiger partial charge < -0.3 is 16.4 Å². The van der Waals surface area contributed by atoms with E-state index in [0.717, 1.165) is 11.8 Å². The number of nitrogen functional groups attached to an aromatic ring is 1. The lowest BCUT2D eigenvalue weighted by atomic mass is 10.0. The predicted molar refractivity (Wildman–Crippen MR) is 73.4 cm³/mol. The highest BCUT2D eigenvalue weighted by Crippen LogP contribution is 2.17. The van der Waals surface area contributed by atoms with Crippen LogP contribution in [0.4, 0.5) is 5.69 Å². The van der Waals surface area contributed by atoms with Crippen molar-refractivity contribution < 1.29 is 9.59 Å². The third-order valence-corrected chi connectivity index (χ3v) is 3.28. The van der Waals surface area contributed by atoms with Crippen LogP contribution >= 0.6 is 0 Å². The summed E-state index contributed by atoms with van der Waals surface area (Å²) in [6.45, 7) is 4.30. The Bertz CT molecular complexity index is 525. The number of nitrogens with two attached hydrogens (primary N) is 1. The molecule has 0 aliphatic carbocycles. The highest BCUT2D eigenvalue weighted by Gasteiger charge is 2.21. The molecule has 1 saturated heterocycles. The molecule has 19 heavy (non-hydrogen) atoms. The average molecular weight is 259 g/mol. The third kappa shape index (κ3) is 3.00. The van der Waals surface area contributed by atoms with Crippen molar-refractivity contribution in [3.8, 4) is 0 Å². The van der Waals surface area contributed by atoms with Gasteiger partial charge in [0.15, 0.2) is 0 Å². The second-order valence-electron chi connectivity index (χ2n) is 4.58. The van der Waals surface area contributed by atoms with Gasteiger partial charge in [-0.1, -0.05) is 18.7 Å². The van der Waals surface area contributed by atoms with E-state index in [9.17, 15) is 9.59 Å². The van der Waals surface area contributed by atoms with Crippen LogP contribution in [0.5, 0.6) is 0 Å². The minimum Gasteiger partial charge on any atom is -0.398 e. The smallest absolute Gasteiger partial charge is 0.224 e. The molecule has 0 aromatic heterocycles. The topological polar surface area (TPSA) is 84.2 Å². The standard InChI is InChI=1S/C14H17N3O2/c1-9-13(5-6-14(19)17-9)16-7-11-10(8-18)3-2-4-12(11)15/h2-4,8,13,16H,1,5-7,15H2,(H,17,19). The number of piperidine rings is 1. The first kappa shape index (κ1) is 13.3. The van der Waals surface area contributed by atoms with Crippen molar-refractivity contribution in [3.05, 3.63) is 41.6 Å². The van der Waals surface area contributed by atoms with Gasteiger partial charge in [-0.15, -0.1) is 0 Å². The zero-order valence-electron chi connectivity index (χ0n) is 10.6. The number of nitrogens with one attached hydrogen (secondary N) is 2. The molecule has 1 unspecified atom stereocenters. The Hall–Kier alpha value is -2.14. The first-order valence-corrected chi connectivity index (χ1v) is 6.16. The Kier molecular flexibility index (Phi) is 3.97. The van der Waals surface area contributed by atoms with Gasteiger partial charge >= 0.3 is 0 Å². The number of amides is 1. The van der Waals surface area contributed by atoms with Gasteiger partial charge in [-0.25, -0.2) is 0 Å². The number of benzene rings is 1. The fourth-order valence-electron chi connectivity index (χ4n) is 2.17. The highest BCUT2D eigenvalue weighted by molar-refractivity contribution is 5.80. The van der Waals surface area contributed by atoms with Gasteiger partial charge in [0.2, 0.25) is 5.91 Å². The molecule has 0 saturated carbocycles. The van der Waals surface area contributed by atoms with Gasteiger partial charge in [-0.05, 0) is 18.1 Å². The van der Waals surface area contributed by atoms with Crippen LogP contribution in [0.3, 0.4) is 0 Å². The van der Waals surface area contributed by atoms with Crippen molar-refractivity contribution in [2.45, 2.75) is 25.4 Å². The van der Waals surface area contributed by atoms with E-state index < -0.39 is 0 Å². The van der Waals surface area contributed by atoms with Crippen LogP contribution in [0.15, 0.2) is 30.5 Å². The summed E-state index contributed by atoms with van der Waals surface area (Å²) >= 11 is 0. The Morgan fingerprint density at radius 1 is 1.53 bits per heavy atom. The van der Waals surface area contributed by atoms with E-state index in [4.69, 9.17) is 5.73 Å². The molecule has 1 heterocycles. The van der Waals surface area contributed by atoms with E-state index >= 15 is 0 Å². The number of rotatable bonds is 4. The lowest BCUT2D eigenvalue weighted by Crippen LogP contribution is -2.43. The second-order valence-corrected chi connectivity index (χ2v) is 4.58. The molecule has 1 aromatic rings. The maximum atomic E-state index is 11.2. The maximum Gasteiger partial charge on any atom is 0.224 e. The molecule has 0 radical (unpaired) electrons. The van der Waals surface area contributed by atoms with Crippen LogP contribution in [0.25, 0.3) is 0 Å². The quantitative estimate of drug-likeness (QED) is 0.555. The SMILES string of the molecule is C=C1NC(=O)CCC1NCc1c(N)cccc1C=O. The molecule has 0 spiro atoms. The summed E-state index contributed by atoms with van der Waals surface area (Å²) in [7, 11) is 0. The number of hydrogen-bond acceptors (Lipinski definition) is 4. The summed E-state index contributed by atoms with van der Waals surface area (Å²) in [6.07, 6.45) is 1.97. The summed E-state index contributed by atoms with van der Waals surface area (Å²) < 4.78 is 0. The van der Waals surface area contributed by atoms with Crippen LogP contribution in [-0.2, 0) is 11.3 Å². The lowest BCUT2D eigenvalue weighted by Gasteiger charge is -2.26. The highest BCUT2D eigenvalue weighted by atomic mass is 16.1. The summed E-state index contributed by atoms with van der Waals surface area (Å²) in [4.78, 5) is 22.2. The summed E-state index contributed by atoms with van der Waals surface area (Å²) in [5.41, 5.74) is 8.49. The van der Waals surface area contributed by atoms with Crippen molar-refractivity contribution >= 4 is 17.9 Å². The first-order chi connectivity index (χ1) is 9.11. The molecule has 5 heteroatoms. The Morgan fingerprint density at radius 3 is 3.00 bits per heavy atom. The molecule has 2 rings (SSSR count). The van der Waals surface area contributed by atoms with Gasteiger partial charge in [0, 0.05) is 36.0 Å². The number of anilines is 1. The zero-order chi connectivity index (χ0) is 13.8. The van der Waals surface area contributed by atoms with Crippen LogP contribution in [0.2, 0.25) is 0 Å². The Morgan fingerprint density at radius 2 is 2.32 bits per heavy atom. The summed E-state index contributed by atoms with van der Waals surface area (Å²) in [5, 5.41) is 5.98. The van der Waals surface area contributed by atoms with Crippen LogP contribution in [0, 0.1) is 0 Å². The van der Waals surface area contributed by atoms with Crippen LogP contribution < -0.4 is 16.4 Å². The molecule has 1 aliphatic heterocycles. The fourth-order valence-corrected chi connectivity index (χ4v) is 2.17. The second kappa shape index (κ2) is 5.67. The summed E-state index contributed by atoms with van der Waals surface area (Å²) in [5.74, 6) is -0.00384. The fraction of sp³-hybridized carbons (Fsp3) is 0.286. The monoisotopic (exact) mass is 259 g/mol.